The molecule has 1 rings (SSSR count). The zero-order chi connectivity index (χ0) is 8.97. The monoisotopic (exact) mass is 248 g/mol. The summed E-state index contributed by atoms with van der Waals surface area (Å²) >= 11 is 4.76. The van der Waals surface area contributed by atoms with Crippen molar-refractivity contribution in [3.8, 4) is 0 Å². The second-order valence-corrected chi connectivity index (χ2v) is 4.57. The zero-order valence-corrected chi connectivity index (χ0v) is 9.07. The molecule has 0 aromatic carbocycles. The van der Waals surface area contributed by atoms with Crippen LogP contribution >= 0.6 is 27.3 Å². The highest BCUT2D eigenvalue weighted by Gasteiger charge is 2.07. The van der Waals surface area contributed by atoms with Gasteiger partial charge in [-0.25, -0.2) is 4.79 Å². The minimum absolute atomic E-state index is 0.237. The van der Waals surface area contributed by atoms with E-state index in [-0.39, 0.29) is 5.97 Å². The SMILES string of the molecule is CCCOC(=O)c1csc(Br)c1. The Bertz CT molecular complexity index is 270. The average molecular weight is 249 g/mol. The molecule has 0 N–H and O–H groups in total. The quantitative estimate of drug-likeness (QED) is 0.769. The van der Waals surface area contributed by atoms with Gasteiger partial charge in [-0.05, 0) is 28.4 Å². The molecule has 1 heterocycles. The van der Waals surface area contributed by atoms with E-state index in [9.17, 15) is 4.79 Å². The van der Waals surface area contributed by atoms with Gasteiger partial charge in [0.2, 0.25) is 0 Å². The molecule has 0 radical (unpaired) electrons. The standard InChI is InChI=1S/C8H9BrO2S/c1-2-3-11-8(10)6-4-7(9)12-5-6/h4-5H,2-3H2,1H3. The van der Waals surface area contributed by atoms with E-state index in [1.54, 1.807) is 11.4 Å². The third-order valence-corrected chi connectivity index (χ3v) is 2.74. The first-order valence-electron chi connectivity index (χ1n) is 3.65. The normalized spacial score (nSPS) is 9.83. The predicted molar refractivity (Wildman–Crippen MR) is 52.6 cm³/mol. The lowest BCUT2D eigenvalue weighted by molar-refractivity contribution is 0.0505. The van der Waals surface area contributed by atoms with Crippen LogP contribution in [0.3, 0.4) is 0 Å². The first-order valence-corrected chi connectivity index (χ1v) is 5.32. The summed E-state index contributed by atoms with van der Waals surface area (Å²) in [5, 5.41) is 1.78. The summed E-state index contributed by atoms with van der Waals surface area (Å²) in [7, 11) is 0. The van der Waals surface area contributed by atoms with Gasteiger partial charge in [-0.1, -0.05) is 6.92 Å². The Morgan fingerprint density at radius 2 is 2.50 bits per heavy atom. The fraction of sp³-hybridized carbons (Fsp3) is 0.375. The van der Waals surface area contributed by atoms with Crippen LogP contribution in [0, 0.1) is 0 Å². The van der Waals surface area contributed by atoms with Gasteiger partial charge in [-0.15, -0.1) is 11.3 Å². The molecule has 0 aliphatic rings. The molecule has 12 heavy (non-hydrogen) atoms. The first kappa shape index (κ1) is 9.74. The van der Waals surface area contributed by atoms with E-state index in [2.05, 4.69) is 15.9 Å². The van der Waals surface area contributed by atoms with Crippen LogP contribution in [0.15, 0.2) is 15.2 Å². The average Bonchev–Trinajstić information content (AvgIpc) is 2.47. The molecule has 0 amide bonds. The van der Waals surface area contributed by atoms with E-state index in [0.717, 1.165) is 10.2 Å². The van der Waals surface area contributed by atoms with E-state index < -0.39 is 0 Å². The third kappa shape index (κ3) is 2.60. The highest BCUT2D eigenvalue weighted by molar-refractivity contribution is 9.11. The maximum atomic E-state index is 11.2. The second kappa shape index (κ2) is 4.62. The molecular weight excluding hydrogens is 240 g/mol. The Balaban J connectivity index is 2.53. The van der Waals surface area contributed by atoms with Crippen molar-refractivity contribution in [2.75, 3.05) is 6.61 Å². The van der Waals surface area contributed by atoms with Gasteiger partial charge in [0.05, 0.1) is 16.0 Å². The van der Waals surface area contributed by atoms with Crippen molar-refractivity contribution in [1.82, 2.24) is 0 Å². The summed E-state index contributed by atoms with van der Waals surface area (Å²) in [4.78, 5) is 11.2. The number of esters is 1. The number of ether oxygens (including phenoxy) is 1. The molecule has 66 valence electrons. The number of hydrogen-bond acceptors (Lipinski definition) is 3. The van der Waals surface area contributed by atoms with Crippen LogP contribution in [-0.2, 0) is 4.74 Å². The third-order valence-electron chi connectivity index (χ3n) is 1.24. The molecule has 4 heteroatoms. The highest BCUT2D eigenvalue weighted by Crippen LogP contribution is 2.21. The second-order valence-electron chi connectivity index (χ2n) is 2.28. The Hall–Kier alpha value is -0.350. The number of hydrogen-bond donors (Lipinski definition) is 0. The first-order chi connectivity index (χ1) is 5.74. The number of halogens is 1. The summed E-state index contributed by atoms with van der Waals surface area (Å²) in [6, 6.07) is 1.77. The molecule has 2 nitrogen and oxygen atoms in total. The van der Waals surface area contributed by atoms with Crippen LogP contribution in [0.2, 0.25) is 0 Å². The van der Waals surface area contributed by atoms with E-state index in [4.69, 9.17) is 4.74 Å². The van der Waals surface area contributed by atoms with E-state index in [1.807, 2.05) is 6.92 Å². The molecule has 1 aromatic rings. The maximum absolute atomic E-state index is 11.2. The molecule has 1 aromatic heterocycles. The molecule has 0 fully saturated rings. The Kier molecular flexibility index (Phi) is 3.75. The molecule has 0 saturated heterocycles. The topological polar surface area (TPSA) is 26.3 Å². The Morgan fingerprint density at radius 3 is 3.00 bits per heavy atom. The molecule has 0 saturated carbocycles. The largest absolute Gasteiger partial charge is 0.462 e. The molecule has 0 spiro atoms. The van der Waals surface area contributed by atoms with Crippen LogP contribution < -0.4 is 0 Å². The predicted octanol–water partition coefficient (Wildman–Crippen LogP) is 3.08. The van der Waals surface area contributed by atoms with Crippen LogP contribution in [0.5, 0.6) is 0 Å². The van der Waals surface area contributed by atoms with Crippen LogP contribution in [0.25, 0.3) is 0 Å². The fourth-order valence-electron chi connectivity index (χ4n) is 0.695. The zero-order valence-electron chi connectivity index (χ0n) is 6.67. The van der Waals surface area contributed by atoms with Gasteiger partial charge in [0.1, 0.15) is 0 Å². The summed E-state index contributed by atoms with van der Waals surface area (Å²) < 4.78 is 5.89. The molecule has 0 atom stereocenters. The van der Waals surface area contributed by atoms with Gasteiger partial charge in [0, 0.05) is 5.38 Å². The lowest BCUT2D eigenvalue weighted by Gasteiger charge is -1.98. The smallest absolute Gasteiger partial charge is 0.339 e. The minimum atomic E-state index is -0.237. The van der Waals surface area contributed by atoms with Gasteiger partial charge < -0.3 is 4.74 Å². The summed E-state index contributed by atoms with van der Waals surface area (Å²) in [6.07, 6.45) is 0.858. The van der Waals surface area contributed by atoms with E-state index >= 15 is 0 Å². The van der Waals surface area contributed by atoms with Crippen molar-refractivity contribution >= 4 is 33.2 Å². The van der Waals surface area contributed by atoms with E-state index in [1.165, 1.54) is 11.3 Å². The maximum Gasteiger partial charge on any atom is 0.339 e. The number of carbonyl (C=O) groups is 1. The van der Waals surface area contributed by atoms with Crippen molar-refractivity contribution in [2.24, 2.45) is 0 Å². The van der Waals surface area contributed by atoms with Crippen molar-refractivity contribution < 1.29 is 9.53 Å². The van der Waals surface area contributed by atoms with Crippen molar-refractivity contribution in [2.45, 2.75) is 13.3 Å². The number of thiophene rings is 1. The summed E-state index contributed by atoms with van der Waals surface area (Å²) in [6.45, 7) is 2.46. The minimum Gasteiger partial charge on any atom is -0.462 e. The van der Waals surface area contributed by atoms with Crippen LogP contribution in [-0.4, -0.2) is 12.6 Å². The molecular formula is C8H9BrO2S. The number of carbonyl (C=O) groups excluding carboxylic acids is 1. The van der Waals surface area contributed by atoms with Gasteiger partial charge in [-0.3, -0.25) is 0 Å². The van der Waals surface area contributed by atoms with Gasteiger partial charge >= 0.3 is 5.97 Å². The van der Waals surface area contributed by atoms with Gasteiger partial charge in [0.15, 0.2) is 0 Å². The fourth-order valence-corrected chi connectivity index (χ4v) is 1.82. The molecule has 0 aliphatic carbocycles. The number of rotatable bonds is 3. The molecule has 0 bridgehead atoms. The van der Waals surface area contributed by atoms with Crippen LogP contribution in [0.1, 0.15) is 23.7 Å². The lowest BCUT2D eigenvalue weighted by atomic mass is 10.3. The summed E-state index contributed by atoms with van der Waals surface area (Å²) in [5.74, 6) is -0.237. The highest BCUT2D eigenvalue weighted by atomic mass is 79.9. The van der Waals surface area contributed by atoms with Crippen LogP contribution in [0.4, 0.5) is 0 Å². The van der Waals surface area contributed by atoms with Crippen molar-refractivity contribution in [3.05, 3.63) is 20.8 Å². The lowest BCUT2D eigenvalue weighted by Crippen LogP contribution is -2.03. The van der Waals surface area contributed by atoms with Gasteiger partial charge in [0.25, 0.3) is 0 Å². The van der Waals surface area contributed by atoms with Crippen molar-refractivity contribution in [3.63, 3.8) is 0 Å². The van der Waals surface area contributed by atoms with E-state index in [0.29, 0.717) is 12.2 Å². The summed E-state index contributed by atoms with van der Waals surface area (Å²) in [5.41, 5.74) is 0.625. The molecule has 0 unspecified atom stereocenters. The Morgan fingerprint density at radius 1 is 1.75 bits per heavy atom. The van der Waals surface area contributed by atoms with Crippen molar-refractivity contribution in [1.29, 1.82) is 0 Å². The Labute approximate surface area is 83.7 Å². The van der Waals surface area contributed by atoms with Gasteiger partial charge in [-0.2, -0.15) is 0 Å². The molecule has 0 aliphatic heterocycles.